The van der Waals surface area contributed by atoms with Gasteiger partial charge in [0.25, 0.3) is 0 Å². The standard InChI is InChI=1S/C33H28N4O4/c1-40-30-20-24(12-15-27(30)35-34-18-19-38)32(23-9-4-3-5-10-23)25-13-16-28(31(21-25)41-2)36-37-33-26-11-7-6-8-22(26)14-17-29(33)39/h3-21,32,35,39H,1-2H3/b34-18-,37-36?. The van der Waals surface area contributed by atoms with Gasteiger partial charge in [-0.1, -0.05) is 72.8 Å². The number of azo groups is 1. The molecule has 5 aromatic rings. The zero-order chi connectivity index (χ0) is 28.6. The SMILES string of the molecule is COc1cc(C(c2ccccc2)c2ccc(N/N=C\C=O)c(OC)c2)ccc1N=Nc1c(O)ccc2ccccc12. The minimum atomic E-state index is -0.153. The van der Waals surface area contributed by atoms with E-state index in [4.69, 9.17) is 9.47 Å². The first-order valence-corrected chi connectivity index (χ1v) is 12.9. The highest BCUT2D eigenvalue weighted by molar-refractivity contribution is 6.13. The van der Waals surface area contributed by atoms with Crippen LogP contribution in [0.25, 0.3) is 10.8 Å². The molecule has 0 fully saturated rings. The molecule has 0 aliphatic carbocycles. The molecule has 2 N–H and O–H groups in total. The Labute approximate surface area is 237 Å². The molecule has 0 aliphatic heterocycles. The van der Waals surface area contributed by atoms with E-state index in [9.17, 15) is 9.90 Å². The number of hydrogen-bond donors (Lipinski definition) is 2. The number of carbonyl (C=O) groups excluding carboxylic acids is 1. The molecule has 0 spiro atoms. The van der Waals surface area contributed by atoms with Gasteiger partial charge in [0.2, 0.25) is 0 Å². The van der Waals surface area contributed by atoms with Crippen LogP contribution in [0.5, 0.6) is 17.2 Å². The number of nitrogens with one attached hydrogen (secondary N) is 1. The summed E-state index contributed by atoms with van der Waals surface area (Å²) in [7, 11) is 3.18. The Bertz CT molecular complexity index is 1740. The van der Waals surface area contributed by atoms with Crippen LogP contribution in [-0.4, -0.2) is 31.8 Å². The van der Waals surface area contributed by atoms with Crippen molar-refractivity contribution in [2.24, 2.45) is 15.3 Å². The van der Waals surface area contributed by atoms with Gasteiger partial charge in [0.05, 0.1) is 26.1 Å². The first-order valence-electron chi connectivity index (χ1n) is 12.9. The fourth-order valence-corrected chi connectivity index (χ4v) is 4.75. The quantitative estimate of drug-likeness (QED) is 0.0615. The van der Waals surface area contributed by atoms with E-state index < -0.39 is 0 Å². The molecule has 8 heteroatoms. The Hall–Kier alpha value is -5.50. The Morgan fingerprint density at radius 2 is 1.46 bits per heavy atom. The Morgan fingerprint density at radius 3 is 2.22 bits per heavy atom. The maximum absolute atomic E-state index is 10.6. The number of fused-ring (bicyclic) bond motifs is 1. The van der Waals surface area contributed by atoms with Crippen LogP contribution in [0.2, 0.25) is 0 Å². The van der Waals surface area contributed by atoms with Crippen molar-refractivity contribution in [2.75, 3.05) is 19.6 Å². The van der Waals surface area contributed by atoms with E-state index in [1.54, 1.807) is 20.3 Å². The van der Waals surface area contributed by atoms with Crippen molar-refractivity contribution >= 4 is 40.3 Å². The lowest BCUT2D eigenvalue weighted by atomic mass is 9.84. The maximum atomic E-state index is 10.6. The van der Waals surface area contributed by atoms with Crippen molar-refractivity contribution in [3.8, 4) is 17.2 Å². The van der Waals surface area contributed by atoms with E-state index >= 15 is 0 Å². The van der Waals surface area contributed by atoms with Crippen molar-refractivity contribution in [1.82, 2.24) is 0 Å². The van der Waals surface area contributed by atoms with Gasteiger partial charge < -0.3 is 14.6 Å². The van der Waals surface area contributed by atoms with Gasteiger partial charge in [0.15, 0.2) is 6.29 Å². The second-order valence-corrected chi connectivity index (χ2v) is 9.12. The number of aldehydes is 1. The maximum Gasteiger partial charge on any atom is 0.162 e. The van der Waals surface area contributed by atoms with E-state index in [0.717, 1.165) is 33.7 Å². The normalized spacial score (nSPS) is 12.0. The monoisotopic (exact) mass is 544 g/mol. The number of carbonyl (C=O) groups is 1. The Morgan fingerprint density at radius 1 is 0.756 bits per heavy atom. The first kappa shape index (κ1) is 27.1. The van der Waals surface area contributed by atoms with E-state index in [1.165, 1.54) is 0 Å². The number of anilines is 1. The summed E-state index contributed by atoms with van der Waals surface area (Å²) in [6.45, 7) is 0. The topological polar surface area (TPSA) is 105 Å². The number of aromatic hydroxyl groups is 1. The lowest BCUT2D eigenvalue weighted by molar-refractivity contribution is -0.102. The predicted molar refractivity (Wildman–Crippen MR) is 161 cm³/mol. The molecule has 0 saturated heterocycles. The summed E-state index contributed by atoms with van der Waals surface area (Å²) in [5.41, 5.74) is 7.42. The molecule has 41 heavy (non-hydrogen) atoms. The van der Waals surface area contributed by atoms with Gasteiger partial charge in [-0.15, -0.1) is 10.2 Å². The van der Waals surface area contributed by atoms with Crippen LogP contribution in [0.15, 0.2) is 118 Å². The van der Waals surface area contributed by atoms with Gasteiger partial charge >= 0.3 is 0 Å². The third-order valence-corrected chi connectivity index (χ3v) is 6.69. The summed E-state index contributed by atoms with van der Waals surface area (Å²) in [4.78, 5) is 10.6. The summed E-state index contributed by atoms with van der Waals surface area (Å²) in [5, 5.41) is 25.0. The molecule has 0 aromatic heterocycles. The largest absolute Gasteiger partial charge is 0.506 e. The van der Waals surface area contributed by atoms with Crippen molar-refractivity contribution in [3.63, 3.8) is 0 Å². The van der Waals surface area contributed by atoms with Crippen LogP contribution < -0.4 is 14.9 Å². The third-order valence-electron chi connectivity index (χ3n) is 6.69. The molecule has 0 bridgehead atoms. The van der Waals surface area contributed by atoms with Crippen LogP contribution in [0.1, 0.15) is 22.6 Å². The lowest BCUT2D eigenvalue weighted by Crippen LogP contribution is -2.05. The Balaban J connectivity index is 1.55. The minimum absolute atomic E-state index is 0.0518. The van der Waals surface area contributed by atoms with Crippen molar-refractivity contribution in [3.05, 3.63) is 120 Å². The van der Waals surface area contributed by atoms with E-state index in [1.807, 2.05) is 84.9 Å². The van der Waals surface area contributed by atoms with E-state index in [0.29, 0.717) is 34.8 Å². The number of hydrazone groups is 1. The van der Waals surface area contributed by atoms with Gasteiger partial charge in [-0.3, -0.25) is 10.2 Å². The Kier molecular flexibility index (Phi) is 8.30. The molecule has 0 amide bonds. The number of nitrogens with zero attached hydrogens (tertiary/aromatic N) is 3. The average Bonchev–Trinajstić information content (AvgIpc) is 3.02. The van der Waals surface area contributed by atoms with Gasteiger partial charge in [0.1, 0.15) is 28.6 Å². The molecule has 0 radical (unpaired) electrons. The first-order chi connectivity index (χ1) is 20.1. The molecule has 5 rings (SSSR count). The second kappa shape index (κ2) is 12.6. The van der Waals surface area contributed by atoms with Crippen LogP contribution in [0.4, 0.5) is 17.1 Å². The molecule has 0 heterocycles. The smallest absolute Gasteiger partial charge is 0.162 e. The fraction of sp³-hybridized carbons (Fsp3) is 0.0909. The third kappa shape index (κ3) is 5.91. The van der Waals surface area contributed by atoms with E-state index in [2.05, 4.69) is 32.9 Å². The highest BCUT2D eigenvalue weighted by atomic mass is 16.5. The van der Waals surface area contributed by atoms with Gasteiger partial charge in [0, 0.05) is 11.3 Å². The number of rotatable bonds is 10. The van der Waals surface area contributed by atoms with Crippen molar-refractivity contribution < 1.29 is 19.4 Å². The minimum Gasteiger partial charge on any atom is -0.506 e. The van der Waals surface area contributed by atoms with Gasteiger partial charge in [-0.2, -0.15) is 5.10 Å². The summed E-state index contributed by atoms with van der Waals surface area (Å²) < 4.78 is 11.4. The zero-order valence-corrected chi connectivity index (χ0v) is 22.6. The summed E-state index contributed by atoms with van der Waals surface area (Å²) in [6, 6.07) is 32.9. The van der Waals surface area contributed by atoms with Gasteiger partial charge in [-0.05, 0) is 52.4 Å². The molecule has 1 atom stereocenters. The number of methoxy groups -OCH3 is 2. The highest BCUT2D eigenvalue weighted by Crippen LogP contribution is 2.41. The van der Waals surface area contributed by atoms with Crippen LogP contribution >= 0.6 is 0 Å². The number of benzene rings is 5. The van der Waals surface area contributed by atoms with Crippen LogP contribution in [0.3, 0.4) is 0 Å². The number of hydrogen-bond acceptors (Lipinski definition) is 8. The summed E-state index contributed by atoms with van der Waals surface area (Å²) >= 11 is 0. The fourth-order valence-electron chi connectivity index (χ4n) is 4.75. The second-order valence-electron chi connectivity index (χ2n) is 9.12. The van der Waals surface area contributed by atoms with Crippen LogP contribution in [-0.2, 0) is 4.79 Å². The molecule has 204 valence electrons. The molecule has 0 saturated carbocycles. The number of phenolic OH excluding ortho intramolecular Hbond substituents is 1. The summed E-state index contributed by atoms with van der Waals surface area (Å²) in [6.07, 6.45) is 1.73. The average molecular weight is 545 g/mol. The summed E-state index contributed by atoms with van der Waals surface area (Å²) in [5.74, 6) is 1.02. The molecule has 0 aliphatic rings. The molecule has 5 aromatic carbocycles. The number of ether oxygens (including phenoxy) is 2. The van der Waals surface area contributed by atoms with Gasteiger partial charge in [-0.25, -0.2) is 0 Å². The number of phenols is 1. The lowest BCUT2D eigenvalue weighted by Gasteiger charge is -2.21. The molecule has 8 nitrogen and oxygen atoms in total. The molecule has 1 unspecified atom stereocenters. The van der Waals surface area contributed by atoms with E-state index in [-0.39, 0.29) is 11.7 Å². The van der Waals surface area contributed by atoms with Crippen molar-refractivity contribution in [1.29, 1.82) is 0 Å². The zero-order valence-electron chi connectivity index (χ0n) is 22.6. The highest BCUT2D eigenvalue weighted by Gasteiger charge is 2.20. The predicted octanol–water partition coefficient (Wildman–Crippen LogP) is 7.75. The van der Waals surface area contributed by atoms with Crippen LogP contribution in [0, 0.1) is 0 Å². The molecular formula is C33H28N4O4. The van der Waals surface area contributed by atoms with Crippen molar-refractivity contribution in [2.45, 2.75) is 5.92 Å². The molecular weight excluding hydrogens is 516 g/mol.